The Morgan fingerprint density at radius 1 is 0.966 bits per heavy atom. The number of fused-ring (bicyclic) bond motifs is 3. The summed E-state index contributed by atoms with van der Waals surface area (Å²) in [5.74, 6) is 0.768. The molecule has 29 heavy (non-hydrogen) atoms. The Bertz CT molecular complexity index is 1230. The minimum Gasteiger partial charge on any atom is -0.478 e. The standard InChI is InChI=1S/C24H18ClNO3/c25-18-8-6-17(7-9-18)21-14-28-24-19(23(21)27)10-11-22-20(24)13-26(15-29-22)12-16-4-2-1-3-5-16/h1-11,14H,12-13,15H2. The molecule has 0 amide bonds. The molecule has 0 aliphatic carbocycles. The highest BCUT2D eigenvalue weighted by molar-refractivity contribution is 6.30. The Labute approximate surface area is 172 Å². The summed E-state index contributed by atoms with van der Waals surface area (Å²) in [4.78, 5) is 15.3. The van der Waals surface area contributed by atoms with Gasteiger partial charge < -0.3 is 9.15 Å². The molecule has 3 aromatic carbocycles. The van der Waals surface area contributed by atoms with Gasteiger partial charge in [0.15, 0.2) is 0 Å². The molecule has 0 bridgehead atoms. The molecule has 1 aromatic heterocycles. The van der Waals surface area contributed by atoms with E-state index in [4.69, 9.17) is 20.8 Å². The van der Waals surface area contributed by atoms with Crippen LogP contribution in [0, 0.1) is 0 Å². The van der Waals surface area contributed by atoms with E-state index in [2.05, 4.69) is 17.0 Å². The number of ether oxygens (including phenoxy) is 1. The molecule has 0 fully saturated rings. The largest absolute Gasteiger partial charge is 0.478 e. The highest BCUT2D eigenvalue weighted by Crippen LogP contribution is 2.33. The number of rotatable bonds is 3. The summed E-state index contributed by atoms with van der Waals surface area (Å²) in [5.41, 5.74) is 3.95. The van der Waals surface area contributed by atoms with Crippen LogP contribution in [-0.4, -0.2) is 11.6 Å². The monoisotopic (exact) mass is 403 g/mol. The molecule has 4 aromatic rings. The van der Waals surface area contributed by atoms with Crippen LogP contribution in [0.5, 0.6) is 5.75 Å². The van der Waals surface area contributed by atoms with Crippen molar-refractivity contribution in [3.05, 3.63) is 99.4 Å². The van der Waals surface area contributed by atoms with Crippen molar-refractivity contribution < 1.29 is 9.15 Å². The van der Waals surface area contributed by atoms with Crippen molar-refractivity contribution in [3.63, 3.8) is 0 Å². The van der Waals surface area contributed by atoms with Gasteiger partial charge in [0.25, 0.3) is 0 Å². The highest BCUT2D eigenvalue weighted by atomic mass is 35.5. The van der Waals surface area contributed by atoms with Gasteiger partial charge in [-0.05, 0) is 35.4 Å². The van der Waals surface area contributed by atoms with E-state index in [0.717, 1.165) is 23.4 Å². The quantitative estimate of drug-likeness (QED) is 0.455. The van der Waals surface area contributed by atoms with Crippen molar-refractivity contribution in [2.75, 3.05) is 6.73 Å². The van der Waals surface area contributed by atoms with E-state index in [1.807, 2.05) is 36.4 Å². The molecule has 5 rings (SSSR count). The number of benzene rings is 3. The predicted molar refractivity (Wildman–Crippen MR) is 114 cm³/mol. The SMILES string of the molecule is O=c1c(-c2ccc(Cl)cc2)coc2c3c(ccc12)OCN(Cc1ccccc1)C3. The lowest BCUT2D eigenvalue weighted by Gasteiger charge is -2.29. The Hall–Kier alpha value is -3.08. The molecule has 0 unspecified atom stereocenters. The molecule has 144 valence electrons. The van der Waals surface area contributed by atoms with Crippen LogP contribution < -0.4 is 10.2 Å². The van der Waals surface area contributed by atoms with Crippen LogP contribution in [0.4, 0.5) is 0 Å². The molecule has 4 nitrogen and oxygen atoms in total. The van der Waals surface area contributed by atoms with E-state index in [1.165, 1.54) is 11.8 Å². The zero-order valence-corrected chi connectivity index (χ0v) is 16.4. The van der Waals surface area contributed by atoms with Gasteiger partial charge in [0.1, 0.15) is 24.3 Å². The normalized spacial score (nSPS) is 13.8. The van der Waals surface area contributed by atoms with E-state index in [-0.39, 0.29) is 5.43 Å². The van der Waals surface area contributed by atoms with Crippen LogP contribution in [0.2, 0.25) is 5.02 Å². The van der Waals surface area contributed by atoms with Crippen molar-refractivity contribution in [2.24, 2.45) is 0 Å². The molecule has 2 heterocycles. The van der Waals surface area contributed by atoms with Gasteiger partial charge in [0.2, 0.25) is 5.43 Å². The molecular formula is C24H18ClNO3. The minimum absolute atomic E-state index is 0.0587. The highest BCUT2D eigenvalue weighted by Gasteiger charge is 2.22. The number of hydrogen-bond acceptors (Lipinski definition) is 4. The van der Waals surface area contributed by atoms with Gasteiger partial charge in [-0.25, -0.2) is 0 Å². The van der Waals surface area contributed by atoms with Gasteiger partial charge in [0.05, 0.1) is 16.5 Å². The van der Waals surface area contributed by atoms with Crippen molar-refractivity contribution in [1.82, 2.24) is 4.90 Å². The maximum atomic E-state index is 13.1. The van der Waals surface area contributed by atoms with Crippen molar-refractivity contribution in [1.29, 1.82) is 0 Å². The Morgan fingerprint density at radius 3 is 2.55 bits per heavy atom. The van der Waals surface area contributed by atoms with E-state index in [1.54, 1.807) is 18.2 Å². The average Bonchev–Trinajstić information content (AvgIpc) is 2.75. The molecule has 0 radical (unpaired) electrons. The first-order valence-electron chi connectivity index (χ1n) is 9.41. The third kappa shape index (κ3) is 3.41. The predicted octanol–water partition coefficient (Wildman–Crippen LogP) is 5.47. The molecular weight excluding hydrogens is 386 g/mol. The number of nitrogens with zero attached hydrogens (tertiary/aromatic N) is 1. The van der Waals surface area contributed by atoms with Gasteiger partial charge in [-0.15, -0.1) is 0 Å². The van der Waals surface area contributed by atoms with Crippen LogP contribution in [0.1, 0.15) is 11.1 Å². The van der Waals surface area contributed by atoms with Gasteiger partial charge in [-0.1, -0.05) is 54.1 Å². The first-order valence-corrected chi connectivity index (χ1v) is 9.79. The van der Waals surface area contributed by atoms with E-state index >= 15 is 0 Å². The molecule has 0 saturated heterocycles. The van der Waals surface area contributed by atoms with Crippen LogP contribution >= 0.6 is 11.6 Å². The van der Waals surface area contributed by atoms with Gasteiger partial charge in [-0.2, -0.15) is 0 Å². The van der Waals surface area contributed by atoms with Crippen LogP contribution in [0.25, 0.3) is 22.1 Å². The maximum absolute atomic E-state index is 13.1. The molecule has 0 N–H and O–H groups in total. The third-order valence-corrected chi connectivity index (χ3v) is 5.44. The van der Waals surface area contributed by atoms with E-state index in [9.17, 15) is 4.79 Å². The van der Waals surface area contributed by atoms with Crippen LogP contribution in [0.3, 0.4) is 0 Å². The number of hydrogen-bond donors (Lipinski definition) is 0. The van der Waals surface area contributed by atoms with E-state index < -0.39 is 0 Å². The fourth-order valence-corrected chi connectivity index (χ4v) is 3.85. The summed E-state index contributed by atoms with van der Waals surface area (Å²) in [6, 6.07) is 21.1. The molecule has 0 spiro atoms. The second-order valence-corrected chi connectivity index (χ2v) is 7.59. The Kier molecular flexibility index (Phi) is 4.58. The smallest absolute Gasteiger partial charge is 0.200 e. The van der Waals surface area contributed by atoms with Crippen LogP contribution in [0.15, 0.2) is 82.2 Å². The van der Waals surface area contributed by atoms with Crippen LogP contribution in [-0.2, 0) is 13.1 Å². The third-order valence-electron chi connectivity index (χ3n) is 5.19. The second kappa shape index (κ2) is 7.39. The first-order chi connectivity index (χ1) is 14.2. The van der Waals surface area contributed by atoms with Crippen molar-refractivity contribution in [3.8, 4) is 16.9 Å². The minimum atomic E-state index is -0.0587. The summed E-state index contributed by atoms with van der Waals surface area (Å²) >= 11 is 5.96. The van der Waals surface area contributed by atoms with Crippen molar-refractivity contribution >= 4 is 22.6 Å². The lowest BCUT2D eigenvalue weighted by atomic mass is 10.0. The number of halogens is 1. The molecule has 0 atom stereocenters. The Morgan fingerprint density at radius 2 is 1.76 bits per heavy atom. The maximum Gasteiger partial charge on any atom is 0.200 e. The summed E-state index contributed by atoms with van der Waals surface area (Å²) in [5, 5.41) is 1.19. The molecule has 5 heteroatoms. The van der Waals surface area contributed by atoms with Crippen molar-refractivity contribution in [2.45, 2.75) is 13.1 Å². The lowest BCUT2D eigenvalue weighted by molar-refractivity contribution is 0.0890. The topological polar surface area (TPSA) is 42.7 Å². The molecule has 1 aliphatic rings. The average molecular weight is 404 g/mol. The molecule has 0 saturated carbocycles. The fourth-order valence-electron chi connectivity index (χ4n) is 3.73. The lowest BCUT2D eigenvalue weighted by Crippen LogP contribution is -2.31. The summed E-state index contributed by atoms with van der Waals surface area (Å²) in [6.07, 6.45) is 1.53. The summed E-state index contributed by atoms with van der Waals surface area (Å²) in [6.45, 7) is 1.93. The fraction of sp³-hybridized carbons (Fsp3) is 0.125. The second-order valence-electron chi connectivity index (χ2n) is 7.15. The summed E-state index contributed by atoms with van der Waals surface area (Å²) in [7, 11) is 0. The zero-order valence-electron chi connectivity index (χ0n) is 15.6. The zero-order chi connectivity index (χ0) is 19.8. The van der Waals surface area contributed by atoms with Gasteiger partial charge in [0, 0.05) is 18.1 Å². The van der Waals surface area contributed by atoms with Gasteiger partial charge in [-0.3, -0.25) is 9.69 Å². The first kappa shape index (κ1) is 18.0. The van der Waals surface area contributed by atoms with E-state index in [0.29, 0.717) is 34.8 Å². The molecule has 1 aliphatic heterocycles. The summed E-state index contributed by atoms with van der Waals surface area (Å²) < 4.78 is 11.9. The van der Waals surface area contributed by atoms with Gasteiger partial charge >= 0.3 is 0 Å². The Balaban J connectivity index is 1.53.